The number of amides is 1. The summed E-state index contributed by atoms with van der Waals surface area (Å²) in [6.07, 6.45) is 3.38. The molecule has 0 aliphatic carbocycles. The van der Waals surface area contributed by atoms with Gasteiger partial charge in [-0.3, -0.25) is 9.78 Å². The number of thiazole rings is 1. The summed E-state index contributed by atoms with van der Waals surface area (Å²) in [5.41, 5.74) is 2.52. The molecular formula is C20H21N3O2S. The van der Waals surface area contributed by atoms with Crippen molar-refractivity contribution in [3.8, 4) is 5.75 Å². The second kappa shape index (κ2) is 8.58. The van der Waals surface area contributed by atoms with Crippen LogP contribution in [0.3, 0.4) is 0 Å². The van der Waals surface area contributed by atoms with E-state index in [1.807, 2.05) is 56.3 Å². The maximum absolute atomic E-state index is 12.5. The molecule has 5 nitrogen and oxygen atoms in total. The minimum Gasteiger partial charge on any atom is -0.494 e. The molecule has 2 heterocycles. The van der Waals surface area contributed by atoms with Gasteiger partial charge in [-0.25, -0.2) is 4.98 Å². The van der Waals surface area contributed by atoms with Gasteiger partial charge in [0.15, 0.2) is 0 Å². The summed E-state index contributed by atoms with van der Waals surface area (Å²) < 4.78 is 5.41. The maximum atomic E-state index is 12.5. The number of pyridine rings is 1. The molecule has 1 aromatic carbocycles. The zero-order chi connectivity index (χ0) is 18.4. The van der Waals surface area contributed by atoms with E-state index in [4.69, 9.17) is 4.74 Å². The molecule has 0 saturated heterocycles. The number of benzene rings is 1. The Morgan fingerprint density at radius 2 is 1.96 bits per heavy atom. The van der Waals surface area contributed by atoms with E-state index in [1.54, 1.807) is 6.20 Å². The van der Waals surface area contributed by atoms with Gasteiger partial charge in [0.05, 0.1) is 17.3 Å². The summed E-state index contributed by atoms with van der Waals surface area (Å²) >= 11 is 1.44. The molecule has 134 valence electrons. The molecule has 0 radical (unpaired) electrons. The molecule has 0 spiro atoms. The van der Waals surface area contributed by atoms with Crippen LogP contribution >= 0.6 is 11.3 Å². The molecule has 0 atom stereocenters. The Labute approximate surface area is 157 Å². The van der Waals surface area contributed by atoms with Crippen LogP contribution in [-0.2, 0) is 12.8 Å². The van der Waals surface area contributed by atoms with Gasteiger partial charge in [-0.1, -0.05) is 6.07 Å². The molecule has 26 heavy (non-hydrogen) atoms. The summed E-state index contributed by atoms with van der Waals surface area (Å²) in [5, 5.41) is 3.87. The van der Waals surface area contributed by atoms with Crippen molar-refractivity contribution in [3.05, 3.63) is 69.9 Å². The normalized spacial score (nSPS) is 10.5. The van der Waals surface area contributed by atoms with Crippen molar-refractivity contribution in [3.63, 3.8) is 0 Å². The van der Waals surface area contributed by atoms with Crippen molar-refractivity contribution in [1.29, 1.82) is 0 Å². The molecule has 1 amide bonds. The van der Waals surface area contributed by atoms with Crippen molar-refractivity contribution >= 4 is 22.9 Å². The average molecular weight is 367 g/mol. The predicted molar refractivity (Wildman–Crippen MR) is 104 cm³/mol. The highest BCUT2D eigenvalue weighted by atomic mass is 32.1. The van der Waals surface area contributed by atoms with Gasteiger partial charge in [0.2, 0.25) is 0 Å². The van der Waals surface area contributed by atoms with E-state index in [0.717, 1.165) is 40.7 Å². The summed E-state index contributed by atoms with van der Waals surface area (Å²) in [6, 6.07) is 13.2. The standard InChI is InChI=1S/C20H21N3O2S/c1-3-25-17-10-7-16(8-11-17)23-20(24)19-14(2)22-18(26-19)12-9-15-6-4-5-13-21-15/h4-8,10-11,13H,3,9,12H2,1-2H3,(H,23,24). The molecule has 0 fully saturated rings. The molecule has 3 aromatic rings. The van der Waals surface area contributed by atoms with Gasteiger partial charge in [-0.05, 0) is 56.7 Å². The monoisotopic (exact) mass is 367 g/mol. The SMILES string of the molecule is CCOc1ccc(NC(=O)c2sc(CCc3ccccn3)nc2C)cc1. The third kappa shape index (κ3) is 4.67. The van der Waals surface area contributed by atoms with Crippen LogP contribution in [0.4, 0.5) is 5.69 Å². The van der Waals surface area contributed by atoms with Gasteiger partial charge in [-0.15, -0.1) is 11.3 Å². The highest BCUT2D eigenvalue weighted by Gasteiger charge is 2.15. The number of hydrogen-bond donors (Lipinski definition) is 1. The highest BCUT2D eigenvalue weighted by molar-refractivity contribution is 7.13. The number of nitrogens with zero attached hydrogens (tertiary/aromatic N) is 2. The Balaban J connectivity index is 1.63. The van der Waals surface area contributed by atoms with Crippen LogP contribution in [0.15, 0.2) is 48.7 Å². The Bertz CT molecular complexity index is 861. The lowest BCUT2D eigenvalue weighted by Gasteiger charge is -2.06. The number of carbonyl (C=O) groups excluding carboxylic acids is 1. The van der Waals surface area contributed by atoms with Gasteiger partial charge in [-0.2, -0.15) is 0 Å². The van der Waals surface area contributed by atoms with Crippen LogP contribution in [0.2, 0.25) is 0 Å². The lowest BCUT2D eigenvalue weighted by molar-refractivity contribution is 0.103. The second-order valence-electron chi connectivity index (χ2n) is 5.75. The molecule has 3 rings (SSSR count). The van der Waals surface area contributed by atoms with Crippen molar-refractivity contribution in [1.82, 2.24) is 9.97 Å². The van der Waals surface area contributed by atoms with Crippen molar-refractivity contribution in [2.24, 2.45) is 0 Å². The fraction of sp³-hybridized carbons (Fsp3) is 0.250. The third-order valence-electron chi connectivity index (χ3n) is 3.79. The predicted octanol–water partition coefficient (Wildman–Crippen LogP) is 4.28. The molecule has 0 saturated carbocycles. The van der Waals surface area contributed by atoms with E-state index in [9.17, 15) is 4.79 Å². The number of rotatable bonds is 7. The minimum atomic E-state index is -0.131. The topological polar surface area (TPSA) is 64.1 Å². The summed E-state index contributed by atoms with van der Waals surface area (Å²) in [6.45, 7) is 4.43. The average Bonchev–Trinajstić information content (AvgIpc) is 3.03. The van der Waals surface area contributed by atoms with Crippen molar-refractivity contribution < 1.29 is 9.53 Å². The first-order chi connectivity index (χ1) is 12.7. The van der Waals surface area contributed by atoms with Crippen LogP contribution < -0.4 is 10.1 Å². The van der Waals surface area contributed by atoms with E-state index >= 15 is 0 Å². The van der Waals surface area contributed by atoms with Gasteiger partial charge in [0, 0.05) is 24.0 Å². The number of nitrogens with one attached hydrogen (secondary N) is 1. The fourth-order valence-electron chi connectivity index (χ4n) is 2.54. The second-order valence-corrected chi connectivity index (χ2v) is 6.84. The van der Waals surface area contributed by atoms with Crippen LogP contribution in [-0.4, -0.2) is 22.5 Å². The van der Waals surface area contributed by atoms with Gasteiger partial charge in [0.25, 0.3) is 5.91 Å². The van der Waals surface area contributed by atoms with Gasteiger partial charge < -0.3 is 10.1 Å². The number of carbonyl (C=O) groups is 1. The first-order valence-electron chi connectivity index (χ1n) is 8.56. The van der Waals surface area contributed by atoms with Crippen molar-refractivity contribution in [2.45, 2.75) is 26.7 Å². The minimum absolute atomic E-state index is 0.131. The molecule has 0 aliphatic rings. The zero-order valence-corrected chi connectivity index (χ0v) is 15.7. The number of anilines is 1. The van der Waals surface area contributed by atoms with Gasteiger partial charge >= 0.3 is 0 Å². The van der Waals surface area contributed by atoms with Crippen LogP contribution in [0.25, 0.3) is 0 Å². The summed E-state index contributed by atoms with van der Waals surface area (Å²) in [7, 11) is 0. The molecule has 2 aromatic heterocycles. The lowest BCUT2D eigenvalue weighted by Crippen LogP contribution is -2.11. The van der Waals surface area contributed by atoms with E-state index in [2.05, 4.69) is 15.3 Å². The third-order valence-corrected chi connectivity index (χ3v) is 5.01. The Morgan fingerprint density at radius 1 is 1.15 bits per heavy atom. The van der Waals surface area contributed by atoms with E-state index in [0.29, 0.717) is 11.5 Å². The van der Waals surface area contributed by atoms with Crippen LogP contribution in [0.1, 0.15) is 33.0 Å². The fourth-order valence-corrected chi connectivity index (χ4v) is 3.50. The molecule has 6 heteroatoms. The lowest BCUT2D eigenvalue weighted by atomic mass is 10.2. The van der Waals surface area contributed by atoms with E-state index in [-0.39, 0.29) is 5.91 Å². The molecular weight excluding hydrogens is 346 g/mol. The molecule has 1 N–H and O–H groups in total. The van der Waals surface area contributed by atoms with Gasteiger partial charge in [0.1, 0.15) is 10.6 Å². The Hall–Kier alpha value is -2.73. The van der Waals surface area contributed by atoms with E-state index < -0.39 is 0 Å². The largest absolute Gasteiger partial charge is 0.494 e. The molecule has 0 bridgehead atoms. The van der Waals surface area contributed by atoms with Crippen LogP contribution in [0, 0.1) is 6.92 Å². The first-order valence-corrected chi connectivity index (χ1v) is 9.37. The maximum Gasteiger partial charge on any atom is 0.267 e. The summed E-state index contributed by atoms with van der Waals surface area (Å²) in [5.74, 6) is 0.657. The number of ether oxygens (including phenoxy) is 1. The van der Waals surface area contributed by atoms with Crippen molar-refractivity contribution in [2.75, 3.05) is 11.9 Å². The Kier molecular flexibility index (Phi) is 5.96. The van der Waals surface area contributed by atoms with Crippen LogP contribution in [0.5, 0.6) is 5.75 Å². The number of hydrogen-bond acceptors (Lipinski definition) is 5. The molecule has 0 unspecified atom stereocenters. The first kappa shape index (κ1) is 18.1. The summed E-state index contributed by atoms with van der Waals surface area (Å²) in [4.78, 5) is 22.1. The quantitative estimate of drug-likeness (QED) is 0.677. The number of aromatic nitrogens is 2. The highest BCUT2D eigenvalue weighted by Crippen LogP contribution is 2.22. The van der Waals surface area contributed by atoms with E-state index in [1.165, 1.54) is 11.3 Å². The Morgan fingerprint density at radius 3 is 2.65 bits per heavy atom. The smallest absolute Gasteiger partial charge is 0.267 e. The molecule has 0 aliphatic heterocycles. The zero-order valence-electron chi connectivity index (χ0n) is 14.9. The number of aryl methyl sites for hydroxylation is 3.